The summed E-state index contributed by atoms with van der Waals surface area (Å²) in [4.78, 5) is 11.0. The van der Waals surface area contributed by atoms with Gasteiger partial charge >= 0.3 is 5.97 Å². The zero-order valence-electron chi connectivity index (χ0n) is 10.1. The molecular weight excluding hydrogens is 366 g/mol. The van der Waals surface area contributed by atoms with Crippen LogP contribution >= 0.6 is 27.3 Å². The van der Waals surface area contributed by atoms with E-state index in [9.17, 15) is 13.2 Å². The predicted molar refractivity (Wildman–Crippen MR) is 80.6 cm³/mol. The van der Waals surface area contributed by atoms with E-state index in [0.29, 0.717) is 10.2 Å². The Bertz CT molecular complexity index is 713. The fourth-order valence-electron chi connectivity index (χ4n) is 1.59. The maximum atomic E-state index is 12.5. The minimum atomic E-state index is -3.87. The smallest absolute Gasteiger partial charge is 0.324 e. The largest absolute Gasteiger partial charge is 0.480 e. The molecule has 0 bridgehead atoms. The summed E-state index contributed by atoms with van der Waals surface area (Å²) in [5.74, 6) is -1.22. The quantitative estimate of drug-likeness (QED) is 0.871. The molecule has 0 aliphatic heterocycles. The number of hydrogen-bond acceptors (Lipinski definition) is 4. The Balaban J connectivity index is 2.51. The summed E-state index contributed by atoms with van der Waals surface area (Å²) in [6, 6.07) is 9.57. The van der Waals surface area contributed by atoms with E-state index in [1.54, 1.807) is 35.7 Å². The van der Waals surface area contributed by atoms with E-state index in [1.165, 1.54) is 6.07 Å². The topological polar surface area (TPSA) is 74.7 Å². The van der Waals surface area contributed by atoms with E-state index in [1.807, 2.05) is 0 Å². The zero-order chi connectivity index (χ0) is 14.8. The van der Waals surface area contributed by atoms with Crippen LogP contribution in [0.3, 0.4) is 0 Å². The third kappa shape index (κ3) is 3.20. The van der Waals surface area contributed by atoms with Crippen molar-refractivity contribution in [3.05, 3.63) is 46.3 Å². The molecule has 8 heteroatoms. The highest BCUT2D eigenvalue weighted by Crippen LogP contribution is 2.28. The van der Waals surface area contributed by atoms with Crippen molar-refractivity contribution in [2.24, 2.45) is 0 Å². The number of carbonyl (C=O) groups is 1. The number of thiophene rings is 1. The summed E-state index contributed by atoms with van der Waals surface area (Å²) in [5.41, 5.74) is 0.301. The van der Waals surface area contributed by atoms with Crippen molar-refractivity contribution < 1.29 is 18.3 Å². The van der Waals surface area contributed by atoms with Gasteiger partial charge in [-0.05, 0) is 29.6 Å². The third-order valence-electron chi connectivity index (χ3n) is 2.41. The van der Waals surface area contributed by atoms with E-state index in [2.05, 4.69) is 15.9 Å². The van der Waals surface area contributed by atoms with Crippen LogP contribution < -0.4 is 4.31 Å². The Hall–Kier alpha value is -1.38. The van der Waals surface area contributed by atoms with Gasteiger partial charge in [-0.15, -0.1) is 11.3 Å². The molecule has 0 saturated heterocycles. The van der Waals surface area contributed by atoms with E-state index in [0.717, 1.165) is 15.6 Å². The number of anilines is 1. The number of carboxylic acid groups (broad SMARTS) is 1. The van der Waals surface area contributed by atoms with Crippen LogP contribution in [-0.2, 0) is 14.8 Å². The van der Waals surface area contributed by atoms with Gasteiger partial charge in [-0.3, -0.25) is 9.10 Å². The molecule has 5 nitrogen and oxygen atoms in total. The van der Waals surface area contributed by atoms with Crippen LogP contribution in [0.15, 0.2) is 50.5 Å². The van der Waals surface area contributed by atoms with Gasteiger partial charge in [0, 0.05) is 4.47 Å². The van der Waals surface area contributed by atoms with E-state index in [4.69, 9.17) is 5.11 Å². The summed E-state index contributed by atoms with van der Waals surface area (Å²) < 4.78 is 26.7. The maximum Gasteiger partial charge on any atom is 0.324 e. The molecule has 0 amide bonds. The number of nitrogens with zero attached hydrogens (tertiary/aromatic N) is 1. The van der Waals surface area contributed by atoms with Gasteiger partial charge in [0.2, 0.25) is 0 Å². The molecule has 0 atom stereocenters. The van der Waals surface area contributed by atoms with Gasteiger partial charge in [-0.25, -0.2) is 8.42 Å². The predicted octanol–water partition coefficient (Wildman–Crippen LogP) is 2.79. The van der Waals surface area contributed by atoms with Crippen molar-refractivity contribution in [1.29, 1.82) is 0 Å². The molecule has 0 aliphatic carbocycles. The van der Waals surface area contributed by atoms with Crippen LogP contribution in [-0.4, -0.2) is 26.0 Å². The van der Waals surface area contributed by atoms with Gasteiger partial charge in [0.25, 0.3) is 10.0 Å². The van der Waals surface area contributed by atoms with E-state index in [-0.39, 0.29) is 4.21 Å². The standard InChI is InChI=1S/C12H10BrNO4S2/c13-9-3-1-4-10(7-9)14(8-11(15)16)20(17,18)12-5-2-6-19-12/h1-7H,8H2,(H,15,16). The number of sulfonamides is 1. The normalized spacial score (nSPS) is 11.2. The third-order valence-corrected chi connectivity index (χ3v) is 6.05. The molecule has 1 heterocycles. The molecule has 0 unspecified atom stereocenters. The van der Waals surface area contributed by atoms with E-state index >= 15 is 0 Å². The van der Waals surface area contributed by atoms with Crippen molar-refractivity contribution in [3.8, 4) is 0 Å². The molecule has 0 fully saturated rings. The van der Waals surface area contributed by atoms with Gasteiger partial charge in [0.1, 0.15) is 10.8 Å². The number of rotatable bonds is 5. The molecule has 2 rings (SSSR count). The lowest BCUT2D eigenvalue weighted by atomic mass is 10.3. The van der Waals surface area contributed by atoms with Crippen molar-refractivity contribution in [2.45, 2.75) is 4.21 Å². The Kier molecular flexibility index (Phi) is 4.46. The van der Waals surface area contributed by atoms with Crippen LogP contribution in [0.5, 0.6) is 0 Å². The molecule has 0 radical (unpaired) electrons. The van der Waals surface area contributed by atoms with Crippen LogP contribution in [0, 0.1) is 0 Å². The monoisotopic (exact) mass is 375 g/mol. The Morgan fingerprint density at radius 1 is 1.30 bits per heavy atom. The molecule has 1 aromatic carbocycles. The number of hydrogen-bond donors (Lipinski definition) is 1. The van der Waals surface area contributed by atoms with Gasteiger partial charge in [-0.2, -0.15) is 0 Å². The Morgan fingerprint density at radius 3 is 2.60 bits per heavy atom. The minimum Gasteiger partial charge on any atom is -0.480 e. The highest BCUT2D eigenvalue weighted by atomic mass is 79.9. The molecule has 20 heavy (non-hydrogen) atoms. The fourth-order valence-corrected chi connectivity index (χ4v) is 4.49. The second-order valence-corrected chi connectivity index (χ2v) is 7.77. The first-order valence-electron chi connectivity index (χ1n) is 5.45. The molecular formula is C12H10BrNO4S2. The van der Waals surface area contributed by atoms with Crippen molar-refractivity contribution >= 4 is 48.9 Å². The van der Waals surface area contributed by atoms with Gasteiger partial charge in [0.05, 0.1) is 5.69 Å². The lowest BCUT2D eigenvalue weighted by Crippen LogP contribution is -2.35. The summed E-state index contributed by atoms with van der Waals surface area (Å²) in [5, 5.41) is 10.6. The Morgan fingerprint density at radius 2 is 2.05 bits per heavy atom. The first-order chi connectivity index (χ1) is 9.41. The first-order valence-corrected chi connectivity index (χ1v) is 8.56. The van der Waals surface area contributed by atoms with Crippen molar-refractivity contribution in [1.82, 2.24) is 0 Å². The molecule has 0 spiro atoms. The molecule has 106 valence electrons. The maximum absolute atomic E-state index is 12.5. The molecule has 1 N–H and O–H groups in total. The van der Waals surface area contributed by atoms with Crippen LogP contribution in [0.1, 0.15) is 0 Å². The SMILES string of the molecule is O=C(O)CN(c1cccc(Br)c1)S(=O)(=O)c1cccs1. The Labute approximate surface area is 128 Å². The van der Waals surface area contributed by atoms with Crippen molar-refractivity contribution in [3.63, 3.8) is 0 Å². The fraction of sp³-hybridized carbons (Fsp3) is 0.0833. The number of halogens is 1. The summed E-state index contributed by atoms with van der Waals surface area (Å²) in [6.45, 7) is -0.628. The zero-order valence-corrected chi connectivity index (χ0v) is 13.3. The van der Waals surface area contributed by atoms with E-state index < -0.39 is 22.5 Å². The van der Waals surface area contributed by atoms with Crippen molar-refractivity contribution in [2.75, 3.05) is 10.8 Å². The molecule has 0 aliphatic rings. The van der Waals surface area contributed by atoms with Crippen LogP contribution in [0.4, 0.5) is 5.69 Å². The minimum absolute atomic E-state index is 0.110. The highest BCUT2D eigenvalue weighted by Gasteiger charge is 2.27. The number of carboxylic acids is 1. The lowest BCUT2D eigenvalue weighted by Gasteiger charge is -2.22. The summed E-state index contributed by atoms with van der Waals surface area (Å²) >= 11 is 4.30. The molecule has 0 saturated carbocycles. The van der Waals surface area contributed by atoms with Gasteiger partial charge in [0.15, 0.2) is 0 Å². The second kappa shape index (κ2) is 5.94. The average molecular weight is 376 g/mol. The summed E-state index contributed by atoms with van der Waals surface area (Å²) in [7, 11) is -3.87. The van der Waals surface area contributed by atoms with Gasteiger partial charge in [-0.1, -0.05) is 28.1 Å². The van der Waals surface area contributed by atoms with Crippen LogP contribution in [0.25, 0.3) is 0 Å². The second-order valence-electron chi connectivity index (χ2n) is 3.82. The average Bonchev–Trinajstić information content (AvgIpc) is 2.90. The lowest BCUT2D eigenvalue weighted by molar-refractivity contribution is -0.135. The highest BCUT2D eigenvalue weighted by molar-refractivity contribution is 9.10. The number of benzene rings is 1. The molecule has 1 aromatic heterocycles. The molecule has 2 aromatic rings. The first kappa shape index (κ1) is 15.0. The van der Waals surface area contributed by atoms with Crippen LogP contribution in [0.2, 0.25) is 0 Å². The summed E-state index contributed by atoms with van der Waals surface area (Å²) in [6.07, 6.45) is 0. The number of aliphatic carboxylic acids is 1. The van der Waals surface area contributed by atoms with Gasteiger partial charge < -0.3 is 5.11 Å².